The lowest BCUT2D eigenvalue weighted by Gasteiger charge is -2.11. The van der Waals surface area contributed by atoms with Crippen molar-refractivity contribution in [1.82, 2.24) is 0 Å². The van der Waals surface area contributed by atoms with Crippen LogP contribution in [0.5, 0.6) is 23.0 Å². The number of ether oxygens (including phenoxy) is 2. The highest BCUT2D eigenvalue weighted by molar-refractivity contribution is 5.87. The van der Waals surface area contributed by atoms with Crippen LogP contribution >= 0.6 is 0 Å². The zero-order valence-corrected chi connectivity index (χ0v) is 13.6. The fourth-order valence-corrected chi connectivity index (χ4v) is 2.39. The van der Waals surface area contributed by atoms with E-state index in [9.17, 15) is 24.9 Å². The van der Waals surface area contributed by atoms with Gasteiger partial charge in [-0.2, -0.15) is 0 Å². The molecule has 0 radical (unpaired) electrons. The first kappa shape index (κ1) is 17.2. The Balaban J connectivity index is 2.16. The summed E-state index contributed by atoms with van der Waals surface area (Å²) >= 11 is 0. The number of aromatic hydroxyl groups is 3. The fraction of sp³-hybridized carbons (Fsp3) is 0.111. The third-order valence-electron chi connectivity index (χ3n) is 3.53. The summed E-state index contributed by atoms with van der Waals surface area (Å²) in [5.74, 6) is -1.25. The summed E-state index contributed by atoms with van der Waals surface area (Å²) in [6.45, 7) is 1.70. The number of phenols is 3. The summed E-state index contributed by atoms with van der Waals surface area (Å²) in [6, 6.07) is 7.47. The molecule has 1 aromatic heterocycles. The van der Waals surface area contributed by atoms with Gasteiger partial charge in [-0.15, -0.1) is 0 Å². The molecule has 3 aromatic rings. The quantitative estimate of drug-likeness (QED) is 0.370. The molecule has 0 fully saturated rings. The average Bonchev–Trinajstić information content (AvgIpc) is 2.58. The number of hydrogen-bond donors (Lipinski definition) is 3. The monoisotopic (exact) mass is 358 g/mol. The lowest BCUT2D eigenvalue weighted by Crippen LogP contribution is -2.11. The zero-order chi connectivity index (χ0) is 18.8. The van der Waals surface area contributed by atoms with E-state index in [0.717, 1.165) is 6.07 Å². The molecule has 26 heavy (non-hydrogen) atoms. The second-order valence-corrected chi connectivity index (χ2v) is 5.25. The number of phenolic OH excluding ortho intramolecular Hbond substituents is 3. The third kappa shape index (κ3) is 3.12. The molecule has 0 aliphatic carbocycles. The van der Waals surface area contributed by atoms with Crippen LogP contribution in [-0.4, -0.2) is 28.1 Å². The van der Waals surface area contributed by atoms with Crippen LogP contribution in [0.2, 0.25) is 0 Å². The Morgan fingerprint density at radius 2 is 1.88 bits per heavy atom. The number of carbonyl (C=O) groups is 1. The molecule has 8 nitrogen and oxygen atoms in total. The Morgan fingerprint density at radius 1 is 1.12 bits per heavy atom. The van der Waals surface area contributed by atoms with Crippen LogP contribution in [0.15, 0.2) is 45.6 Å². The van der Waals surface area contributed by atoms with Crippen molar-refractivity contribution >= 4 is 17.1 Å². The highest BCUT2D eigenvalue weighted by Crippen LogP contribution is 2.37. The van der Waals surface area contributed by atoms with E-state index >= 15 is 0 Å². The number of hydrogen-bond acceptors (Lipinski definition) is 8. The van der Waals surface area contributed by atoms with E-state index in [1.54, 1.807) is 6.92 Å². The topological polar surface area (TPSA) is 126 Å². The highest BCUT2D eigenvalue weighted by atomic mass is 16.7. The van der Waals surface area contributed by atoms with Crippen molar-refractivity contribution in [3.8, 4) is 34.3 Å². The second-order valence-electron chi connectivity index (χ2n) is 5.25. The Morgan fingerprint density at radius 3 is 2.62 bits per heavy atom. The summed E-state index contributed by atoms with van der Waals surface area (Å²) in [5, 5.41) is 28.8. The van der Waals surface area contributed by atoms with Gasteiger partial charge in [0.1, 0.15) is 28.2 Å². The maximum atomic E-state index is 12.3. The zero-order valence-electron chi connectivity index (χ0n) is 13.6. The summed E-state index contributed by atoms with van der Waals surface area (Å²) in [7, 11) is 0. The van der Waals surface area contributed by atoms with Gasteiger partial charge in [-0.25, -0.2) is 4.79 Å². The van der Waals surface area contributed by atoms with Crippen LogP contribution in [0, 0.1) is 0 Å². The van der Waals surface area contributed by atoms with Gasteiger partial charge < -0.3 is 29.2 Å². The Bertz CT molecular complexity index is 1050. The van der Waals surface area contributed by atoms with Gasteiger partial charge in [-0.3, -0.25) is 4.79 Å². The van der Waals surface area contributed by atoms with Crippen molar-refractivity contribution in [2.24, 2.45) is 0 Å². The third-order valence-corrected chi connectivity index (χ3v) is 3.53. The minimum atomic E-state index is -0.981. The molecule has 3 N–H and O–H groups in total. The molecule has 0 amide bonds. The smallest absolute Gasteiger partial charge is 0.508 e. The first-order chi connectivity index (χ1) is 12.4. The second kappa shape index (κ2) is 6.67. The van der Waals surface area contributed by atoms with Crippen LogP contribution in [0.25, 0.3) is 22.3 Å². The molecule has 1 heterocycles. The molecule has 134 valence electrons. The molecule has 0 aliphatic rings. The van der Waals surface area contributed by atoms with Gasteiger partial charge in [0.15, 0.2) is 16.9 Å². The Hall–Kier alpha value is -3.68. The molecule has 0 aliphatic heterocycles. The normalized spacial score (nSPS) is 10.7. The minimum Gasteiger partial charge on any atom is -0.508 e. The standard InChI is InChI=1S/C18H14O8/c1-2-24-18(23)26-14-7-9(19)3-4-10(14)15-8-12(21)16-13(25-15)6-5-11(20)17(16)22/h3-8,19-20,22H,2H2,1H3. The van der Waals surface area contributed by atoms with Gasteiger partial charge in [0, 0.05) is 12.1 Å². The number of rotatable bonds is 3. The van der Waals surface area contributed by atoms with Crippen LogP contribution in [-0.2, 0) is 4.74 Å². The van der Waals surface area contributed by atoms with E-state index in [-0.39, 0.29) is 40.4 Å². The van der Waals surface area contributed by atoms with Crippen LogP contribution in [0.1, 0.15) is 6.92 Å². The molecule has 3 rings (SSSR count). The van der Waals surface area contributed by atoms with Crippen molar-refractivity contribution in [2.45, 2.75) is 6.92 Å². The van der Waals surface area contributed by atoms with Crippen LogP contribution in [0.4, 0.5) is 4.79 Å². The van der Waals surface area contributed by atoms with Gasteiger partial charge in [0.25, 0.3) is 0 Å². The molecule has 0 saturated heterocycles. The Labute approximate surface area is 146 Å². The molecule has 8 heteroatoms. The molecular formula is C18H14O8. The highest BCUT2D eigenvalue weighted by Gasteiger charge is 2.18. The predicted molar refractivity (Wildman–Crippen MR) is 90.6 cm³/mol. The van der Waals surface area contributed by atoms with Crippen molar-refractivity contribution in [2.75, 3.05) is 6.61 Å². The maximum Gasteiger partial charge on any atom is 0.513 e. The Kier molecular flexibility index (Phi) is 4.40. The summed E-state index contributed by atoms with van der Waals surface area (Å²) in [6.07, 6.45) is -0.981. The fourth-order valence-electron chi connectivity index (χ4n) is 2.39. The first-order valence-corrected chi connectivity index (χ1v) is 7.57. The minimum absolute atomic E-state index is 0.0259. The summed E-state index contributed by atoms with van der Waals surface area (Å²) < 4.78 is 15.3. The van der Waals surface area contributed by atoms with Crippen LogP contribution in [0.3, 0.4) is 0 Å². The molecule has 0 unspecified atom stereocenters. The lowest BCUT2D eigenvalue weighted by molar-refractivity contribution is 0.104. The van der Waals surface area contributed by atoms with Crippen molar-refractivity contribution < 1.29 is 34.0 Å². The van der Waals surface area contributed by atoms with Gasteiger partial charge in [-0.05, 0) is 31.2 Å². The van der Waals surface area contributed by atoms with E-state index < -0.39 is 23.1 Å². The van der Waals surface area contributed by atoms with Gasteiger partial charge in [0.05, 0.1) is 12.2 Å². The molecule has 0 spiro atoms. The van der Waals surface area contributed by atoms with E-state index in [1.165, 1.54) is 30.3 Å². The summed E-state index contributed by atoms with van der Waals surface area (Å²) in [4.78, 5) is 23.9. The molecule has 0 bridgehead atoms. The molecular weight excluding hydrogens is 344 g/mol. The van der Waals surface area contributed by atoms with Gasteiger partial charge in [0.2, 0.25) is 0 Å². The maximum absolute atomic E-state index is 12.3. The average molecular weight is 358 g/mol. The largest absolute Gasteiger partial charge is 0.513 e. The van der Waals surface area contributed by atoms with E-state index in [2.05, 4.69) is 0 Å². The van der Waals surface area contributed by atoms with Crippen molar-refractivity contribution in [3.63, 3.8) is 0 Å². The SMILES string of the molecule is CCOC(=O)Oc1cc(O)ccc1-c1cc(=O)c2c(O)c(O)ccc2o1. The molecule has 0 atom stereocenters. The number of fused-ring (bicyclic) bond motifs is 1. The van der Waals surface area contributed by atoms with Crippen molar-refractivity contribution in [1.29, 1.82) is 0 Å². The van der Waals surface area contributed by atoms with Gasteiger partial charge >= 0.3 is 6.16 Å². The summed E-state index contributed by atoms with van der Waals surface area (Å²) in [5.41, 5.74) is -0.370. The lowest BCUT2D eigenvalue weighted by atomic mass is 10.1. The van der Waals surface area contributed by atoms with Gasteiger partial charge in [-0.1, -0.05) is 0 Å². The number of benzene rings is 2. The van der Waals surface area contributed by atoms with E-state index in [1.807, 2.05) is 0 Å². The van der Waals surface area contributed by atoms with E-state index in [4.69, 9.17) is 13.9 Å². The van der Waals surface area contributed by atoms with Crippen LogP contribution < -0.4 is 10.2 Å². The van der Waals surface area contributed by atoms with E-state index in [0.29, 0.717) is 0 Å². The molecule has 2 aromatic carbocycles. The number of carbonyl (C=O) groups excluding carboxylic acids is 1. The predicted octanol–water partition coefficient (Wildman–Crippen LogP) is 3.11. The molecule has 0 saturated carbocycles. The van der Waals surface area contributed by atoms with Crippen molar-refractivity contribution in [3.05, 3.63) is 46.6 Å². The first-order valence-electron chi connectivity index (χ1n) is 7.57.